The molecule has 2 N–H and O–H groups in total. The van der Waals surface area contributed by atoms with Gasteiger partial charge in [-0.05, 0) is 52.0 Å². The molecular formula is C21H24N2O8. The van der Waals surface area contributed by atoms with E-state index in [9.17, 15) is 24.8 Å². The largest absolute Gasteiger partial charge is 0.499 e. The normalized spacial score (nSPS) is 10.7. The first-order chi connectivity index (χ1) is 14.5. The van der Waals surface area contributed by atoms with Gasteiger partial charge in [0.05, 0.1) is 41.1 Å². The second-order valence-electron chi connectivity index (χ2n) is 7.06. The Morgan fingerprint density at radius 2 is 1.77 bits per heavy atom. The number of hydrogen-bond donors (Lipinski definition) is 2. The standard InChI is InChI=1S/C21H24N2O8/c1-11(2)30-17-10-13(21(26)31-12(3)4)6-8-15(17)22-20(25)14-7-9-16(23(27)28)18(24)19(14)29-5/h6-12,24H,1-5H3,(H,22,25). The second-order valence-corrected chi connectivity index (χ2v) is 7.06. The molecule has 166 valence electrons. The van der Waals surface area contributed by atoms with E-state index in [1.165, 1.54) is 31.4 Å². The molecule has 0 bridgehead atoms. The number of rotatable bonds is 8. The number of aromatic hydroxyl groups is 1. The van der Waals surface area contributed by atoms with Gasteiger partial charge in [0.25, 0.3) is 5.91 Å². The minimum absolute atomic E-state index is 0.121. The Labute approximate surface area is 178 Å². The highest BCUT2D eigenvalue weighted by molar-refractivity contribution is 6.08. The molecule has 0 spiro atoms. The SMILES string of the molecule is COc1c(C(=O)Nc2ccc(C(=O)OC(C)C)cc2OC(C)C)ccc([N+](=O)[O-])c1O. The van der Waals surface area contributed by atoms with Gasteiger partial charge in [-0.25, -0.2) is 4.79 Å². The second kappa shape index (κ2) is 9.79. The lowest BCUT2D eigenvalue weighted by atomic mass is 10.1. The number of amides is 1. The minimum atomic E-state index is -0.789. The van der Waals surface area contributed by atoms with Crippen LogP contribution in [0.3, 0.4) is 0 Å². The summed E-state index contributed by atoms with van der Waals surface area (Å²) in [4.78, 5) is 35.2. The maximum atomic E-state index is 12.8. The molecule has 0 heterocycles. The molecule has 0 fully saturated rings. The summed E-state index contributed by atoms with van der Waals surface area (Å²) in [5.41, 5.74) is -0.220. The third-order valence-corrected chi connectivity index (χ3v) is 3.93. The fourth-order valence-corrected chi connectivity index (χ4v) is 2.67. The minimum Gasteiger partial charge on any atom is -0.499 e. The van der Waals surface area contributed by atoms with Crippen molar-refractivity contribution in [3.63, 3.8) is 0 Å². The summed E-state index contributed by atoms with van der Waals surface area (Å²) in [7, 11) is 1.18. The Morgan fingerprint density at radius 1 is 1.10 bits per heavy atom. The molecule has 0 aliphatic heterocycles. The maximum absolute atomic E-state index is 12.8. The van der Waals surface area contributed by atoms with Gasteiger partial charge in [-0.3, -0.25) is 14.9 Å². The van der Waals surface area contributed by atoms with Crippen molar-refractivity contribution < 1.29 is 33.8 Å². The number of carbonyl (C=O) groups excluding carboxylic acids is 2. The van der Waals surface area contributed by atoms with Crippen LogP contribution >= 0.6 is 0 Å². The van der Waals surface area contributed by atoms with Crippen LogP contribution in [0.1, 0.15) is 48.4 Å². The average molecular weight is 432 g/mol. The number of nitrogens with zero attached hydrogens (tertiary/aromatic N) is 1. The molecule has 1 amide bonds. The van der Waals surface area contributed by atoms with Crippen molar-refractivity contribution in [1.82, 2.24) is 0 Å². The van der Waals surface area contributed by atoms with E-state index < -0.39 is 28.2 Å². The zero-order chi connectivity index (χ0) is 23.3. The van der Waals surface area contributed by atoms with E-state index in [-0.39, 0.29) is 40.5 Å². The molecule has 2 aromatic rings. The van der Waals surface area contributed by atoms with Crippen molar-refractivity contribution >= 4 is 23.3 Å². The molecule has 0 radical (unpaired) electrons. The van der Waals surface area contributed by atoms with Crippen LogP contribution < -0.4 is 14.8 Å². The summed E-state index contributed by atoms with van der Waals surface area (Å²) in [6.07, 6.45) is -0.561. The molecule has 0 atom stereocenters. The number of hydrogen-bond acceptors (Lipinski definition) is 8. The summed E-state index contributed by atoms with van der Waals surface area (Å²) < 4.78 is 15.9. The van der Waals surface area contributed by atoms with Crippen LogP contribution in [0.15, 0.2) is 30.3 Å². The van der Waals surface area contributed by atoms with E-state index >= 15 is 0 Å². The van der Waals surface area contributed by atoms with Crippen LogP contribution in [0, 0.1) is 10.1 Å². The molecule has 0 aromatic heterocycles. The van der Waals surface area contributed by atoms with Gasteiger partial charge in [0.2, 0.25) is 5.75 Å². The molecule has 2 aromatic carbocycles. The van der Waals surface area contributed by atoms with Crippen molar-refractivity contribution in [1.29, 1.82) is 0 Å². The topological polar surface area (TPSA) is 137 Å². The highest BCUT2D eigenvalue weighted by atomic mass is 16.6. The fraction of sp³-hybridized carbons (Fsp3) is 0.333. The van der Waals surface area contributed by atoms with Crippen molar-refractivity contribution in [3.8, 4) is 17.2 Å². The number of phenolic OH excluding ortho intramolecular Hbond substituents is 1. The molecule has 2 rings (SSSR count). The number of esters is 1. The first kappa shape index (κ1) is 23.5. The molecular weight excluding hydrogens is 408 g/mol. The number of ether oxygens (including phenoxy) is 3. The van der Waals surface area contributed by atoms with Gasteiger partial charge in [0.1, 0.15) is 5.75 Å². The zero-order valence-corrected chi connectivity index (χ0v) is 17.8. The first-order valence-electron chi connectivity index (χ1n) is 9.42. The number of anilines is 1. The molecule has 0 aliphatic rings. The van der Waals surface area contributed by atoms with E-state index in [2.05, 4.69) is 5.32 Å². The number of methoxy groups -OCH3 is 1. The predicted octanol–water partition coefficient (Wildman–Crippen LogP) is 3.91. The Hall–Kier alpha value is -3.82. The number of nitro groups is 1. The van der Waals surface area contributed by atoms with Gasteiger partial charge >= 0.3 is 11.7 Å². The summed E-state index contributed by atoms with van der Waals surface area (Å²) in [5, 5.41) is 23.7. The Bertz CT molecular complexity index is 1000. The van der Waals surface area contributed by atoms with Gasteiger partial charge in [-0.15, -0.1) is 0 Å². The average Bonchev–Trinajstić information content (AvgIpc) is 2.67. The van der Waals surface area contributed by atoms with Gasteiger partial charge in [-0.1, -0.05) is 0 Å². The Morgan fingerprint density at radius 3 is 2.32 bits per heavy atom. The number of carbonyl (C=O) groups is 2. The molecule has 31 heavy (non-hydrogen) atoms. The summed E-state index contributed by atoms with van der Waals surface area (Å²) >= 11 is 0. The number of nitro benzene ring substituents is 1. The number of phenols is 1. The zero-order valence-electron chi connectivity index (χ0n) is 17.8. The molecule has 10 nitrogen and oxygen atoms in total. The third kappa shape index (κ3) is 5.62. The first-order valence-corrected chi connectivity index (χ1v) is 9.42. The van der Waals surface area contributed by atoms with Crippen LogP contribution in [0.5, 0.6) is 17.2 Å². The highest BCUT2D eigenvalue weighted by Gasteiger charge is 2.25. The highest BCUT2D eigenvalue weighted by Crippen LogP contribution is 2.39. The van der Waals surface area contributed by atoms with Gasteiger partial charge in [-0.2, -0.15) is 0 Å². The summed E-state index contributed by atoms with van der Waals surface area (Å²) in [5.74, 6) is -2.11. The van der Waals surface area contributed by atoms with Crippen molar-refractivity contribution in [3.05, 3.63) is 51.6 Å². The molecule has 10 heteroatoms. The van der Waals surface area contributed by atoms with Crippen LogP contribution in [0.4, 0.5) is 11.4 Å². The van der Waals surface area contributed by atoms with Gasteiger partial charge in [0.15, 0.2) is 5.75 Å². The lowest BCUT2D eigenvalue weighted by Crippen LogP contribution is -2.17. The maximum Gasteiger partial charge on any atom is 0.338 e. The summed E-state index contributed by atoms with van der Waals surface area (Å²) in [6.45, 7) is 7.01. The Kier molecular flexibility index (Phi) is 7.41. The van der Waals surface area contributed by atoms with E-state index in [0.717, 1.165) is 6.07 Å². The van der Waals surface area contributed by atoms with Crippen molar-refractivity contribution in [2.45, 2.75) is 39.9 Å². The van der Waals surface area contributed by atoms with E-state index in [1.54, 1.807) is 27.7 Å². The molecule has 0 saturated heterocycles. The monoisotopic (exact) mass is 432 g/mol. The fourth-order valence-electron chi connectivity index (χ4n) is 2.67. The lowest BCUT2D eigenvalue weighted by molar-refractivity contribution is -0.386. The molecule has 0 unspecified atom stereocenters. The van der Waals surface area contributed by atoms with Crippen LogP contribution in [0.25, 0.3) is 0 Å². The molecule has 0 saturated carbocycles. The molecule has 0 aliphatic carbocycles. The summed E-state index contributed by atoms with van der Waals surface area (Å²) in [6, 6.07) is 6.57. The number of nitrogens with one attached hydrogen (secondary N) is 1. The van der Waals surface area contributed by atoms with Crippen molar-refractivity contribution in [2.75, 3.05) is 12.4 Å². The van der Waals surface area contributed by atoms with E-state index in [4.69, 9.17) is 14.2 Å². The number of benzene rings is 2. The third-order valence-electron chi connectivity index (χ3n) is 3.93. The van der Waals surface area contributed by atoms with Crippen molar-refractivity contribution in [2.24, 2.45) is 0 Å². The van der Waals surface area contributed by atoms with Crippen LogP contribution in [-0.2, 0) is 4.74 Å². The van der Waals surface area contributed by atoms with E-state index in [1.807, 2.05) is 0 Å². The van der Waals surface area contributed by atoms with Gasteiger partial charge in [0, 0.05) is 6.07 Å². The smallest absolute Gasteiger partial charge is 0.338 e. The van der Waals surface area contributed by atoms with E-state index in [0.29, 0.717) is 0 Å². The van der Waals surface area contributed by atoms with Crippen LogP contribution in [-0.4, -0.2) is 41.2 Å². The predicted molar refractivity (Wildman–Crippen MR) is 112 cm³/mol. The quantitative estimate of drug-likeness (QED) is 0.364. The van der Waals surface area contributed by atoms with Crippen LogP contribution in [0.2, 0.25) is 0 Å². The Balaban J connectivity index is 2.41. The van der Waals surface area contributed by atoms with Gasteiger partial charge < -0.3 is 24.6 Å². The lowest BCUT2D eigenvalue weighted by Gasteiger charge is -2.17.